The van der Waals surface area contributed by atoms with Gasteiger partial charge in [0.05, 0.1) is 0 Å². The maximum Gasteiger partial charge on any atom is 0.359 e. The summed E-state index contributed by atoms with van der Waals surface area (Å²) in [7, 11) is -4.51. The molecular formula is C9H9NO4S. The van der Waals surface area contributed by atoms with E-state index < -0.39 is 16.2 Å². The fraction of sp³-hybridized carbons (Fsp3) is 0. The van der Waals surface area contributed by atoms with E-state index in [0.29, 0.717) is 0 Å². The summed E-state index contributed by atoms with van der Waals surface area (Å²) in [5, 5.41) is 0. The van der Waals surface area contributed by atoms with Gasteiger partial charge in [0.1, 0.15) is 0 Å². The lowest BCUT2D eigenvalue weighted by Crippen LogP contribution is -2.29. The van der Waals surface area contributed by atoms with E-state index in [2.05, 4.69) is 6.58 Å². The first kappa shape index (κ1) is 11.4. The van der Waals surface area contributed by atoms with Crippen LogP contribution in [0.25, 0.3) is 6.08 Å². The standard InChI is InChI=1S/C9H9NO4S/c1-2-7-3-5-8(6-4-7)9(11)10-15(12,13)14/h2-6H,1H2,(H,10,11)(H,12,13,14). The summed E-state index contributed by atoms with van der Waals surface area (Å²) in [4.78, 5) is 11.2. The van der Waals surface area contributed by atoms with Crippen molar-refractivity contribution in [3.05, 3.63) is 42.0 Å². The molecule has 0 bridgehead atoms. The van der Waals surface area contributed by atoms with Crippen molar-refractivity contribution in [3.63, 3.8) is 0 Å². The van der Waals surface area contributed by atoms with E-state index in [1.165, 1.54) is 16.9 Å². The smallest absolute Gasteiger partial charge is 0.269 e. The number of carbonyl (C=O) groups is 1. The molecule has 0 aromatic heterocycles. The van der Waals surface area contributed by atoms with Crippen LogP contribution in [0.1, 0.15) is 15.9 Å². The van der Waals surface area contributed by atoms with Crippen molar-refractivity contribution in [1.82, 2.24) is 4.72 Å². The fourth-order valence-corrected chi connectivity index (χ4v) is 1.30. The summed E-state index contributed by atoms with van der Waals surface area (Å²) < 4.78 is 30.5. The largest absolute Gasteiger partial charge is 0.359 e. The monoisotopic (exact) mass is 227 g/mol. The number of benzene rings is 1. The van der Waals surface area contributed by atoms with E-state index in [9.17, 15) is 13.2 Å². The number of carbonyl (C=O) groups excluding carboxylic acids is 1. The maximum atomic E-state index is 11.2. The third-order valence-electron chi connectivity index (χ3n) is 1.63. The van der Waals surface area contributed by atoms with Crippen molar-refractivity contribution >= 4 is 22.3 Å². The summed E-state index contributed by atoms with van der Waals surface area (Å²) in [6, 6.07) is 6.06. The summed E-state index contributed by atoms with van der Waals surface area (Å²) in [6.07, 6.45) is 1.59. The molecule has 0 radical (unpaired) electrons. The molecule has 0 unspecified atom stereocenters. The normalized spacial score (nSPS) is 10.7. The molecule has 0 aliphatic heterocycles. The van der Waals surface area contributed by atoms with Crippen LogP contribution in [-0.4, -0.2) is 18.9 Å². The van der Waals surface area contributed by atoms with Crippen molar-refractivity contribution in [1.29, 1.82) is 0 Å². The Morgan fingerprint density at radius 2 is 1.87 bits per heavy atom. The van der Waals surface area contributed by atoms with Crippen LogP contribution in [0.3, 0.4) is 0 Å². The molecule has 1 aromatic carbocycles. The lowest BCUT2D eigenvalue weighted by Gasteiger charge is -2.01. The van der Waals surface area contributed by atoms with E-state index in [4.69, 9.17) is 4.55 Å². The molecule has 15 heavy (non-hydrogen) atoms. The van der Waals surface area contributed by atoms with Gasteiger partial charge in [0.15, 0.2) is 0 Å². The van der Waals surface area contributed by atoms with Gasteiger partial charge in [-0.25, -0.2) is 4.72 Å². The SMILES string of the molecule is C=Cc1ccc(C(=O)NS(=O)(=O)O)cc1. The lowest BCUT2D eigenvalue weighted by molar-refractivity contribution is 0.0978. The van der Waals surface area contributed by atoms with Gasteiger partial charge in [-0.3, -0.25) is 9.35 Å². The van der Waals surface area contributed by atoms with Gasteiger partial charge in [-0.15, -0.1) is 0 Å². The highest BCUT2D eigenvalue weighted by atomic mass is 32.2. The van der Waals surface area contributed by atoms with E-state index in [1.54, 1.807) is 18.2 Å². The highest BCUT2D eigenvalue weighted by Crippen LogP contribution is 2.05. The Morgan fingerprint density at radius 3 is 2.27 bits per heavy atom. The quantitative estimate of drug-likeness (QED) is 0.750. The number of amides is 1. The topological polar surface area (TPSA) is 83.5 Å². The highest BCUT2D eigenvalue weighted by Gasteiger charge is 2.11. The minimum absolute atomic E-state index is 0.137. The van der Waals surface area contributed by atoms with E-state index >= 15 is 0 Å². The molecule has 0 fully saturated rings. The Hall–Kier alpha value is -1.66. The van der Waals surface area contributed by atoms with Crippen molar-refractivity contribution in [3.8, 4) is 0 Å². The van der Waals surface area contributed by atoms with Gasteiger partial charge in [-0.1, -0.05) is 24.8 Å². The van der Waals surface area contributed by atoms with Gasteiger partial charge in [-0.2, -0.15) is 8.42 Å². The van der Waals surface area contributed by atoms with E-state index in [-0.39, 0.29) is 5.56 Å². The first-order valence-electron chi connectivity index (χ1n) is 3.94. The van der Waals surface area contributed by atoms with Gasteiger partial charge in [-0.05, 0) is 17.7 Å². The predicted octanol–water partition coefficient (Wildman–Crippen LogP) is 0.862. The Balaban J connectivity index is 2.88. The minimum Gasteiger partial charge on any atom is -0.269 e. The number of rotatable bonds is 3. The zero-order valence-corrected chi connectivity index (χ0v) is 8.49. The molecule has 1 amide bonds. The van der Waals surface area contributed by atoms with Crippen LogP contribution in [0.4, 0.5) is 0 Å². The Labute approximate surface area is 87.3 Å². The molecule has 1 aromatic rings. The van der Waals surface area contributed by atoms with Crippen LogP contribution >= 0.6 is 0 Å². The van der Waals surface area contributed by atoms with E-state index in [1.807, 2.05) is 0 Å². The summed E-state index contributed by atoms with van der Waals surface area (Å²) in [5.74, 6) is -0.881. The second kappa shape index (κ2) is 4.24. The first-order valence-corrected chi connectivity index (χ1v) is 5.38. The Morgan fingerprint density at radius 1 is 1.33 bits per heavy atom. The number of hydrogen-bond acceptors (Lipinski definition) is 3. The maximum absolute atomic E-state index is 11.2. The van der Waals surface area contributed by atoms with Crippen LogP contribution in [0, 0.1) is 0 Å². The molecule has 0 aliphatic carbocycles. The molecular weight excluding hydrogens is 218 g/mol. The molecule has 0 saturated heterocycles. The molecule has 0 atom stereocenters. The minimum atomic E-state index is -4.51. The first-order chi connectivity index (χ1) is 6.92. The predicted molar refractivity (Wildman–Crippen MR) is 55.5 cm³/mol. The average molecular weight is 227 g/mol. The van der Waals surface area contributed by atoms with Crippen molar-refractivity contribution in [2.75, 3.05) is 0 Å². The second-order valence-corrected chi connectivity index (χ2v) is 3.89. The summed E-state index contributed by atoms with van der Waals surface area (Å²) in [6.45, 7) is 3.53. The zero-order chi connectivity index (χ0) is 11.5. The lowest BCUT2D eigenvalue weighted by atomic mass is 10.1. The van der Waals surface area contributed by atoms with Crippen LogP contribution < -0.4 is 4.72 Å². The zero-order valence-electron chi connectivity index (χ0n) is 7.67. The second-order valence-electron chi connectivity index (χ2n) is 2.73. The summed E-state index contributed by atoms with van der Waals surface area (Å²) in [5.41, 5.74) is 0.941. The van der Waals surface area contributed by atoms with Gasteiger partial charge >= 0.3 is 10.3 Å². The van der Waals surface area contributed by atoms with Gasteiger partial charge in [0, 0.05) is 5.56 Å². The third kappa shape index (κ3) is 3.53. The molecule has 1 rings (SSSR count). The molecule has 0 aliphatic rings. The molecule has 6 heteroatoms. The molecule has 0 heterocycles. The summed E-state index contributed by atoms with van der Waals surface area (Å²) >= 11 is 0. The third-order valence-corrected chi connectivity index (χ3v) is 2.07. The van der Waals surface area contributed by atoms with Crippen molar-refractivity contribution in [2.24, 2.45) is 0 Å². The number of hydrogen-bond donors (Lipinski definition) is 2. The molecule has 0 saturated carbocycles. The van der Waals surface area contributed by atoms with Crippen molar-refractivity contribution < 1.29 is 17.8 Å². The Kier molecular flexibility index (Phi) is 3.23. The molecule has 0 spiro atoms. The highest BCUT2D eigenvalue weighted by molar-refractivity contribution is 7.84. The van der Waals surface area contributed by atoms with Crippen molar-refractivity contribution in [2.45, 2.75) is 0 Å². The Bertz CT molecular complexity index is 475. The van der Waals surface area contributed by atoms with Crippen LogP contribution in [0.5, 0.6) is 0 Å². The number of nitrogens with one attached hydrogen (secondary N) is 1. The molecule has 80 valence electrons. The van der Waals surface area contributed by atoms with Gasteiger partial charge < -0.3 is 0 Å². The fourth-order valence-electron chi connectivity index (χ4n) is 0.947. The van der Waals surface area contributed by atoms with Crippen LogP contribution in [0.15, 0.2) is 30.8 Å². The van der Waals surface area contributed by atoms with E-state index in [0.717, 1.165) is 5.56 Å². The van der Waals surface area contributed by atoms with Crippen LogP contribution in [0.2, 0.25) is 0 Å². The average Bonchev–Trinajstić information content (AvgIpc) is 2.15. The molecule has 5 nitrogen and oxygen atoms in total. The van der Waals surface area contributed by atoms with Crippen LogP contribution in [-0.2, 0) is 10.3 Å². The van der Waals surface area contributed by atoms with Gasteiger partial charge in [0.25, 0.3) is 5.91 Å². The van der Waals surface area contributed by atoms with Gasteiger partial charge in [0.2, 0.25) is 0 Å². The molecule has 2 N–H and O–H groups in total.